The third kappa shape index (κ3) is 1.78. The van der Waals surface area contributed by atoms with Gasteiger partial charge in [-0.2, -0.15) is 0 Å². The normalized spacial score (nSPS) is 27.2. The average molecular weight is 143 g/mol. The molecule has 3 heteroatoms. The van der Waals surface area contributed by atoms with Crippen molar-refractivity contribution in [3.8, 4) is 0 Å². The summed E-state index contributed by atoms with van der Waals surface area (Å²) < 4.78 is 5.28. The molecule has 1 fully saturated rings. The lowest BCUT2D eigenvalue weighted by Gasteiger charge is -2.15. The topological polar surface area (TPSA) is 29.5 Å². The summed E-state index contributed by atoms with van der Waals surface area (Å²) in [6, 6.07) is 0. The number of hydrogen-bond acceptors (Lipinski definition) is 3. The molecule has 0 spiro atoms. The van der Waals surface area contributed by atoms with Crippen molar-refractivity contribution >= 4 is 5.78 Å². The molecule has 0 radical (unpaired) electrons. The maximum Gasteiger partial charge on any atom is 0.133 e. The molecule has 0 bridgehead atoms. The molecular formula is C7H13NO2. The molecule has 1 rings (SSSR count). The highest BCUT2D eigenvalue weighted by molar-refractivity contribution is 5.75. The monoisotopic (exact) mass is 143 g/mol. The first-order valence-electron chi connectivity index (χ1n) is 3.51. The molecule has 0 saturated carbocycles. The smallest absolute Gasteiger partial charge is 0.133 e. The van der Waals surface area contributed by atoms with Crippen LogP contribution in [0.4, 0.5) is 0 Å². The molecular weight excluding hydrogens is 130 g/mol. The van der Waals surface area contributed by atoms with Crippen molar-refractivity contribution in [2.24, 2.45) is 0 Å². The molecule has 1 atom stereocenters. The highest BCUT2D eigenvalue weighted by atomic mass is 16.5. The van der Waals surface area contributed by atoms with Crippen LogP contribution in [0.1, 0.15) is 13.3 Å². The summed E-state index contributed by atoms with van der Waals surface area (Å²) in [6.45, 7) is 3.29. The molecule has 0 amide bonds. The van der Waals surface area contributed by atoms with Crippen molar-refractivity contribution in [3.05, 3.63) is 0 Å². The van der Waals surface area contributed by atoms with Gasteiger partial charge >= 0.3 is 0 Å². The van der Waals surface area contributed by atoms with Gasteiger partial charge in [-0.25, -0.2) is 0 Å². The van der Waals surface area contributed by atoms with Crippen molar-refractivity contribution in [1.29, 1.82) is 0 Å². The van der Waals surface area contributed by atoms with Crippen molar-refractivity contribution in [2.45, 2.75) is 19.6 Å². The fourth-order valence-corrected chi connectivity index (χ4v) is 1.06. The second kappa shape index (κ2) is 3.12. The Balaban J connectivity index is 2.33. The van der Waals surface area contributed by atoms with Crippen LogP contribution < -0.4 is 0 Å². The van der Waals surface area contributed by atoms with E-state index in [1.165, 1.54) is 0 Å². The number of ketones is 1. The van der Waals surface area contributed by atoms with E-state index >= 15 is 0 Å². The molecule has 1 aliphatic rings. The number of likely N-dealkylation sites (N-methyl/N-ethyl adjacent to an activating group) is 1. The predicted molar refractivity (Wildman–Crippen MR) is 37.7 cm³/mol. The van der Waals surface area contributed by atoms with Crippen molar-refractivity contribution in [3.63, 3.8) is 0 Å². The van der Waals surface area contributed by atoms with Gasteiger partial charge in [0.2, 0.25) is 0 Å². The zero-order valence-electron chi connectivity index (χ0n) is 6.46. The summed E-state index contributed by atoms with van der Waals surface area (Å²) >= 11 is 0. The van der Waals surface area contributed by atoms with Crippen LogP contribution in [0, 0.1) is 0 Å². The molecule has 1 heterocycles. The molecule has 58 valence electrons. The maximum atomic E-state index is 10.6. The molecule has 0 aromatic rings. The van der Waals surface area contributed by atoms with Crippen molar-refractivity contribution in [2.75, 3.05) is 20.2 Å². The first-order chi connectivity index (χ1) is 4.70. The number of rotatable bonds is 2. The highest BCUT2D eigenvalue weighted by Crippen LogP contribution is 2.10. The van der Waals surface area contributed by atoms with Crippen LogP contribution >= 0.6 is 0 Å². The Morgan fingerprint density at radius 3 is 2.90 bits per heavy atom. The SMILES string of the molecule is CC(=O)CC1OCCN1C. The van der Waals surface area contributed by atoms with E-state index < -0.39 is 0 Å². The Hall–Kier alpha value is -0.410. The third-order valence-electron chi connectivity index (χ3n) is 1.71. The van der Waals surface area contributed by atoms with Crippen LogP contribution in [0.15, 0.2) is 0 Å². The van der Waals surface area contributed by atoms with Gasteiger partial charge in [0, 0.05) is 13.0 Å². The minimum absolute atomic E-state index is 0.0394. The largest absolute Gasteiger partial charge is 0.361 e. The Labute approximate surface area is 61.0 Å². The van der Waals surface area contributed by atoms with E-state index in [-0.39, 0.29) is 12.0 Å². The number of carbonyl (C=O) groups is 1. The van der Waals surface area contributed by atoms with Gasteiger partial charge in [0.15, 0.2) is 0 Å². The molecule has 10 heavy (non-hydrogen) atoms. The van der Waals surface area contributed by atoms with Gasteiger partial charge in [0.25, 0.3) is 0 Å². The molecule has 1 unspecified atom stereocenters. The molecule has 1 saturated heterocycles. The fourth-order valence-electron chi connectivity index (χ4n) is 1.06. The summed E-state index contributed by atoms with van der Waals surface area (Å²) in [7, 11) is 1.97. The Bertz CT molecular complexity index is 136. The van der Waals surface area contributed by atoms with E-state index in [1.54, 1.807) is 6.92 Å². The van der Waals surface area contributed by atoms with Gasteiger partial charge < -0.3 is 4.74 Å². The number of nitrogens with zero attached hydrogens (tertiary/aromatic N) is 1. The molecule has 0 aromatic heterocycles. The Morgan fingerprint density at radius 1 is 1.80 bits per heavy atom. The first kappa shape index (κ1) is 7.69. The van der Waals surface area contributed by atoms with E-state index in [0.717, 1.165) is 13.2 Å². The zero-order chi connectivity index (χ0) is 7.56. The van der Waals surface area contributed by atoms with Crippen LogP contribution in [0.25, 0.3) is 0 Å². The standard InChI is InChI=1S/C7H13NO2/c1-6(9)5-7-8(2)3-4-10-7/h7H,3-5H2,1-2H3. The lowest BCUT2D eigenvalue weighted by atomic mass is 10.3. The maximum absolute atomic E-state index is 10.6. The van der Waals surface area contributed by atoms with Crippen molar-refractivity contribution in [1.82, 2.24) is 4.90 Å². The summed E-state index contributed by atoms with van der Waals surface area (Å²) in [4.78, 5) is 12.7. The van der Waals surface area contributed by atoms with Gasteiger partial charge in [0.05, 0.1) is 6.61 Å². The van der Waals surface area contributed by atoms with E-state index in [9.17, 15) is 4.79 Å². The van der Waals surface area contributed by atoms with E-state index in [2.05, 4.69) is 4.90 Å². The molecule has 0 aromatic carbocycles. The summed E-state index contributed by atoms with van der Waals surface area (Å²) in [5.74, 6) is 0.193. The Kier molecular flexibility index (Phi) is 2.40. The average Bonchev–Trinajstić information content (AvgIpc) is 2.15. The molecule has 0 N–H and O–H groups in total. The van der Waals surface area contributed by atoms with Crippen LogP contribution in [-0.2, 0) is 9.53 Å². The molecule has 1 aliphatic heterocycles. The minimum Gasteiger partial charge on any atom is -0.361 e. The zero-order valence-corrected chi connectivity index (χ0v) is 6.46. The number of Topliss-reactive ketones (excluding diaryl/α,β-unsaturated/α-hetero) is 1. The van der Waals surface area contributed by atoms with E-state index in [1.807, 2.05) is 7.05 Å². The minimum atomic E-state index is 0.0394. The second-order valence-electron chi connectivity index (χ2n) is 2.71. The number of ether oxygens (including phenoxy) is 1. The summed E-state index contributed by atoms with van der Waals surface area (Å²) in [6.07, 6.45) is 0.564. The quantitative estimate of drug-likeness (QED) is 0.555. The Morgan fingerprint density at radius 2 is 2.50 bits per heavy atom. The molecule has 3 nitrogen and oxygen atoms in total. The first-order valence-corrected chi connectivity index (χ1v) is 3.51. The third-order valence-corrected chi connectivity index (χ3v) is 1.71. The second-order valence-corrected chi connectivity index (χ2v) is 2.71. The van der Waals surface area contributed by atoms with E-state index in [0.29, 0.717) is 6.42 Å². The van der Waals surface area contributed by atoms with Crippen LogP contribution in [0.5, 0.6) is 0 Å². The lowest BCUT2D eigenvalue weighted by Crippen LogP contribution is -2.27. The van der Waals surface area contributed by atoms with E-state index in [4.69, 9.17) is 4.74 Å². The van der Waals surface area contributed by atoms with Crippen LogP contribution in [-0.4, -0.2) is 37.1 Å². The number of carbonyl (C=O) groups excluding carboxylic acids is 1. The fraction of sp³-hybridized carbons (Fsp3) is 0.857. The number of hydrogen-bond donors (Lipinski definition) is 0. The van der Waals surface area contributed by atoms with Gasteiger partial charge in [-0.3, -0.25) is 9.69 Å². The lowest BCUT2D eigenvalue weighted by molar-refractivity contribution is -0.120. The van der Waals surface area contributed by atoms with Gasteiger partial charge in [-0.05, 0) is 14.0 Å². The van der Waals surface area contributed by atoms with Crippen LogP contribution in [0.2, 0.25) is 0 Å². The summed E-state index contributed by atoms with van der Waals surface area (Å²) in [5.41, 5.74) is 0. The van der Waals surface area contributed by atoms with Gasteiger partial charge in [-0.1, -0.05) is 0 Å². The van der Waals surface area contributed by atoms with Gasteiger partial charge in [-0.15, -0.1) is 0 Å². The van der Waals surface area contributed by atoms with Gasteiger partial charge in [0.1, 0.15) is 12.0 Å². The predicted octanol–water partition coefficient (Wildman–Crippen LogP) is 0.254. The van der Waals surface area contributed by atoms with Crippen LogP contribution in [0.3, 0.4) is 0 Å². The molecule has 0 aliphatic carbocycles. The summed E-state index contributed by atoms with van der Waals surface area (Å²) in [5, 5.41) is 0. The highest BCUT2D eigenvalue weighted by Gasteiger charge is 2.22. The van der Waals surface area contributed by atoms with Crippen molar-refractivity contribution < 1.29 is 9.53 Å².